The lowest BCUT2D eigenvalue weighted by atomic mass is 10.1. The van der Waals surface area contributed by atoms with Gasteiger partial charge in [0.15, 0.2) is 0 Å². The van der Waals surface area contributed by atoms with E-state index in [1.165, 1.54) is 0 Å². The average Bonchev–Trinajstić information content (AvgIpc) is 2.81. The lowest BCUT2D eigenvalue weighted by Crippen LogP contribution is -2.45. The van der Waals surface area contributed by atoms with Crippen LogP contribution in [0.4, 0.5) is 4.79 Å². The van der Waals surface area contributed by atoms with Crippen molar-refractivity contribution in [1.29, 1.82) is 0 Å². The summed E-state index contributed by atoms with van der Waals surface area (Å²) in [4.78, 5) is 16.2. The number of nitrogens with zero attached hydrogens (tertiary/aromatic N) is 2. The summed E-state index contributed by atoms with van der Waals surface area (Å²) in [6.45, 7) is 6.21. The zero-order chi connectivity index (χ0) is 13.5. The zero-order valence-electron chi connectivity index (χ0n) is 11.8. The summed E-state index contributed by atoms with van der Waals surface area (Å²) in [6.07, 6.45) is 2.15. The highest BCUT2D eigenvalue weighted by Gasteiger charge is 2.33. The monoisotopic (exact) mass is 271 g/mol. The summed E-state index contributed by atoms with van der Waals surface area (Å²) >= 11 is 0. The number of hydrogen-bond donors (Lipinski definition) is 1. The Kier molecular flexibility index (Phi) is 5.88. The lowest BCUT2D eigenvalue weighted by molar-refractivity contribution is 0.0626. The van der Waals surface area contributed by atoms with E-state index in [0.29, 0.717) is 32.4 Å². The second-order valence-electron chi connectivity index (χ2n) is 5.05. The highest BCUT2D eigenvalue weighted by atomic mass is 16.5. The van der Waals surface area contributed by atoms with Gasteiger partial charge in [-0.2, -0.15) is 0 Å². The molecule has 0 saturated carbocycles. The Morgan fingerprint density at radius 2 is 2.00 bits per heavy atom. The van der Waals surface area contributed by atoms with Crippen LogP contribution in [0, 0.1) is 0 Å². The van der Waals surface area contributed by atoms with Gasteiger partial charge >= 0.3 is 6.03 Å². The Labute approximate surface area is 115 Å². The average molecular weight is 271 g/mol. The zero-order valence-corrected chi connectivity index (χ0v) is 11.8. The maximum absolute atomic E-state index is 12.3. The smallest absolute Gasteiger partial charge is 0.320 e. The lowest BCUT2D eigenvalue weighted by Gasteiger charge is -2.31. The first-order valence-corrected chi connectivity index (χ1v) is 7.16. The molecule has 1 N–H and O–H groups in total. The number of rotatable bonds is 7. The number of nitrogens with one attached hydrogen (secondary N) is 1. The van der Waals surface area contributed by atoms with Crippen molar-refractivity contribution in [2.75, 3.05) is 59.7 Å². The fourth-order valence-electron chi connectivity index (χ4n) is 2.69. The molecule has 2 aliphatic rings. The van der Waals surface area contributed by atoms with Crippen LogP contribution in [0.3, 0.4) is 0 Å². The predicted molar refractivity (Wildman–Crippen MR) is 72.3 cm³/mol. The van der Waals surface area contributed by atoms with E-state index in [1.54, 1.807) is 7.11 Å². The quantitative estimate of drug-likeness (QED) is 0.669. The summed E-state index contributed by atoms with van der Waals surface area (Å²) in [5, 5.41) is 3.33. The van der Waals surface area contributed by atoms with Gasteiger partial charge in [-0.3, -0.25) is 0 Å². The standard InChI is InChI=1S/C13H25N3O3/c1-18-10-11-19-9-8-15-6-7-16(13(15)17)12-2-4-14-5-3-12/h12,14H,2-11H2,1H3. The molecule has 2 fully saturated rings. The van der Waals surface area contributed by atoms with Gasteiger partial charge in [-0.1, -0.05) is 0 Å². The van der Waals surface area contributed by atoms with Crippen molar-refractivity contribution in [1.82, 2.24) is 15.1 Å². The Morgan fingerprint density at radius 3 is 2.74 bits per heavy atom. The molecule has 2 saturated heterocycles. The topological polar surface area (TPSA) is 54.0 Å². The van der Waals surface area contributed by atoms with Crippen LogP contribution in [0.15, 0.2) is 0 Å². The summed E-state index contributed by atoms with van der Waals surface area (Å²) in [7, 11) is 1.66. The highest BCUT2D eigenvalue weighted by Crippen LogP contribution is 2.18. The van der Waals surface area contributed by atoms with Gasteiger partial charge in [0.1, 0.15) is 0 Å². The fraction of sp³-hybridized carbons (Fsp3) is 0.923. The van der Waals surface area contributed by atoms with Crippen molar-refractivity contribution in [2.24, 2.45) is 0 Å². The van der Waals surface area contributed by atoms with E-state index in [2.05, 4.69) is 5.32 Å². The van der Waals surface area contributed by atoms with Gasteiger partial charge in [0.05, 0.1) is 19.8 Å². The molecule has 2 amide bonds. The van der Waals surface area contributed by atoms with Crippen molar-refractivity contribution in [2.45, 2.75) is 18.9 Å². The van der Waals surface area contributed by atoms with E-state index in [0.717, 1.165) is 39.0 Å². The first-order valence-electron chi connectivity index (χ1n) is 7.16. The molecule has 0 aliphatic carbocycles. The highest BCUT2D eigenvalue weighted by molar-refractivity contribution is 5.76. The van der Waals surface area contributed by atoms with Crippen molar-refractivity contribution in [3.8, 4) is 0 Å². The van der Waals surface area contributed by atoms with Gasteiger partial charge in [-0.15, -0.1) is 0 Å². The van der Waals surface area contributed by atoms with Crippen molar-refractivity contribution in [3.05, 3.63) is 0 Å². The van der Waals surface area contributed by atoms with Crippen molar-refractivity contribution >= 4 is 6.03 Å². The molecule has 0 aromatic heterocycles. The number of urea groups is 1. The van der Waals surface area contributed by atoms with Crippen molar-refractivity contribution < 1.29 is 14.3 Å². The van der Waals surface area contributed by atoms with Crippen LogP contribution >= 0.6 is 0 Å². The predicted octanol–water partition coefficient (Wildman–Crippen LogP) is 0.139. The third-order valence-electron chi connectivity index (χ3n) is 3.81. The van der Waals surface area contributed by atoms with Gasteiger partial charge in [0, 0.05) is 32.8 Å². The molecule has 2 aliphatic heterocycles. The van der Waals surface area contributed by atoms with Gasteiger partial charge in [0.25, 0.3) is 0 Å². The minimum atomic E-state index is 0.183. The molecule has 0 radical (unpaired) electrons. The van der Waals surface area contributed by atoms with E-state index in [1.807, 2.05) is 9.80 Å². The van der Waals surface area contributed by atoms with Gasteiger partial charge in [-0.05, 0) is 25.9 Å². The molecule has 0 aromatic rings. The van der Waals surface area contributed by atoms with E-state index >= 15 is 0 Å². The van der Waals surface area contributed by atoms with Crippen LogP contribution < -0.4 is 5.32 Å². The summed E-state index contributed by atoms with van der Waals surface area (Å²) < 4.78 is 10.3. The number of carbonyl (C=O) groups is 1. The molecule has 110 valence electrons. The van der Waals surface area contributed by atoms with Crippen LogP contribution in [0.5, 0.6) is 0 Å². The fourth-order valence-corrected chi connectivity index (χ4v) is 2.69. The molecule has 0 aromatic carbocycles. The van der Waals surface area contributed by atoms with E-state index < -0.39 is 0 Å². The molecular weight excluding hydrogens is 246 g/mol. The van der Waals surface area contributed by atoms with Crippen LogP contribution in [0.1, 0.15) is 12.8 Å². The Bertz CT molecular complexity index is 282. The summed E-state index contributed by atoms with van der Waals surface area (Å²) in [6, 6.07) is 0.607. The van der Waals surface area contributed by atoms with E-state index in [-0.39, 0.29) is 6.03 Å². The molecule has 2 heterocycles. The SMILES string of the molecule is COCCOCCN1CCN(C2CCNCC2)C1=O. The minimum Gasteiger partial charge on any atom is -0.382 e. The van der Waals surface area contributed by atoms with Gasteiger partial charge < -0.3 is 24.6 Å². The van der Waals surface area contributed by atoms with Crippen LogP contribution in [-0.2, 0) is 9.47 Å². The Balaban J connectivity index is 1.68. The van der Waals surface area contributed by atoms with Gasteiger partial charge in [0.2, 0.25) is 0 Å². The number of methoxy groups -OCH3 is 1. The molecular formula is C13H25N3O3. The van der Waals surface area contributed by atoms with Gasteiger partial charge in [-0.25, -0.2) is 4.79 Å². The summed E-state index contributed by atoms with van der Waals surface area (Å²) in [5.74, 6) is 0. The Hall–Kier alpha value is -0.850. The first kappa shape index (κ1) is 14.6. The maximum atomic E-state index is 12.3. The maximum Gasteiger partial charge on any atom is 0.320 e. The molecule has 0 atom stereocenters. The van der Waals surface area contributed by atoms with Crippen LogP contribution in [0.2, 0.25) is 0 Å². The largest absolute Gasteiger partial charge is 0.382 e. The van der Waals surface area contributed by atoms with E-state index in [4.69, 9.17) is 9.47 Å². The second-order valence-corrected chi connectivity index (χ2v) is 5.05. The molecule has 6 heteroatoms. The minimum absolute atomic E-state index is 0.183. The Morgan fingerprint density at radius 1 is 1.21 bits per heavy atom. The van der Waals surface area contributed by atoms with Crippen LogP contribution in [-0.4, -0.2) is 81.5 Å². The van der Waals surface area contributed by atoms with Crippen molar-refractivity contribution in [3.63, 3.8) is 0 Å². The number of piperidine rings is 1. The van der Waals surface area contributed by atoms with Crippen LogP contribution in [0.25, 0.3) is 0 Å². The second kappa shape index (κ2) is 7.67. The number of carbonyl (C=O) groups excluding carboxylic acids is 1. The number of hydrogen-bond acceptors (Lipinski definition) is 4. The first-order chi connectivity index (χ1) is 9.33. The summed E-state index contributed by atoms with van der Waals surface area (Å²) in [5.41, 5.74) is 0. The molecule has 0 bridgehead atoms. The molecule has 6 nitrogen and oxygen atoms in total. The third kappa shape index (κ3) is 4.06. The molecule has 2 rings (SSSR count). The molecule has 0 unspecified atom stereocenters. The molecule has 19 heavy (non-hydrogen) atoms. The third-order valence-corrected chi connectivity index (χ3v) is 3.81. The molecule has 0 spiro atoms. The number of amides is 2. The normalized spacial score (nSPS) is 21.4. The van der Waals surface area contributed by atoms with E-state index in [9.17, 15) is 4.79 Å². The number of ether oxygens (including phenoxy) is 2.